The molecule has 5 rings (SSSR count). The predicted octanol–water partition coefficient (Wildman–Crippen LogP) is 7.83. The summed E-state index contributed by atoms with van der Waals surface area (Å²) in [6, 6.07) is 10.2. The topological polar surface area (TPSA) is 343 Å². The molecule has 0 aliphatic rings. The molecule has 5 aromatic rings. The van der Waals surface area contributed by atoms with Crippen molar-refractivity contribution in [3.05, 3.63) is 60.7 Å². The van der Waals surface area contributed by atoms with E-state index >= 15 is 0 Å². The number of hydrogen-bond acceptors (Lipinski definition) is 27. The summed E-state index contributed by atoms with van der Waals surface area (Å²) < 4.78 is 83.5. The number of ether oxygens (including phenoxy) is 15. The number of carbonyl (C=O) groups excluding carboxylic acids is 12. The fraction of sp³-hybridized carbons (Fsp3) is 0.222. The van der Waals surface area contributed by atoms with Gasteiger partial charge in [0.25, 0.3) is 0 Å². The van der Waals surface area contributed by atoms with Crippen LogP contribution in [-0.2, 0) is 57.5 Å². The van der Waals surface area contributed by atoms with Crippen molar-refractivity contribution in [2.75, 3.05) is 0 Å². The van der Waals surface area contributed by atoms with Gasteiger partial charge in [0.2, 0.25) is 17.2 Å². The van der Waals surface area contributed by atoms with E-state index in [1.54, 1.807) is 0 Å². The molecule has 0 atom stereocenters. The SMILES string of the molecule is CC(=O)Oc1cc(OC(C)=O)cc(Oc2c(OC(C)=O)cc(Oc3c(OC(C)=O)cc(Oc4c(OC(C)=O)cc(OC(C)=O)c(-c5c(OC(C)=O)cc(OC(C)=O)cc5OC(C)=O)c4OC(C)=O)cc3OC(C)=O)cc2OC(C)=O)c1. The molecule has 0 aliphatic heterocycles. The maximum absolute atomic E-state index is 13.2. The average Bonchev–Trinajstić information content (AvgIpc) is 3.51. The minimum atomic E-state index is -1.15. The van der Waals surface area contributed by atoms with E-state index in [1.807, 2.05) is 0 Å². The van der Waals surface area contributed by atoms with Gasteiger partial charge in [0.15, 0.2) is 34.5 Å². The second-order valence-corrected chi connectivity index (χ2v) is 16.3. The van der Waals surface area contributed by atoms with Crippen LogP contribution in [0.2, 0.25) is 0 Å². The molecule has 0 aromatic heterocycles. The Bertz CT molecular complexity index is 3310. The van der Waals surface area contributed by atoms with Crippen molar-refractivity contribution in [2.24, 2.45) is 0 Å². The van der Waals surface area contributed by atoms with Crippen LogP contribution in [0.1, 0.15) is 83.1 Å². The van der Waals surface area contributed by atoms with Gasteiger partial charge in [-0.15, -0.1) is 0 Å². The molecular formula is C54H46O27. The molecule has 27 heteroatoms. The number of esters is 12. The number of rotatable bonds is 19. The van der Waals surface area contributed by atoms with E-state index in [1.165, 1.54) is 18.2 Å². The maximum Gasteiger partial charge on any atom is 0.308 e. The molecule has 0 heterocycles. The average molecular weight is 1130 g/mol. The van der Waals surface area contributed by atoms with E-state index in [4.69, 9.17) is 71.1 Å². The summed E-state index contributed by atoms with van der Waals surface area (Å²) in [5.74, 6) is -21.4. The monoisotopic (exact) mass is 1130 g/mol. The van der Waals surface area contributed by atoms with Gasteiger partial charge in [-0.3, -0.25) is 57.5 Å². The lowest BCUT2D eigenvalue weighted by atomic mass is 9.99. The summed E-state index contributed by atoms with van der Waals surface area (Å²) >= 11 is 0. The fourth-order valence-electron chi connectivity index (χ4n) is 6.90. The van der Waals surface area contributed by atoms with Gasteiger partial charge in [0, 0.05) is 144 Å². The lowest BCUT2D eigenvalue weighted by Crippen LogP contribution is -2.13. The highest BCUT2D eigenvalue weighted by Crippen LogP contribution is 2.58. The summed E-state index contributed by atoms with van der Waals surface area (Å²) in [5.41, 5.74) is -1.12. The third-order valence-corrected chi connectivity index (χ3v) is 9.02. The van der Waals surface area contributed by atoms with Gasteiger partial charge in [-0.1, -0.05) is 0 Å². The Morgan fingerprint density at radius 3 is 0.704 bits per heavy atom. The fourth-order valence-corrected chi connectivity index (χ4v) is 6.90. The highest BCUT2D eigenvalue weighted by atomic mass is 16.6. The molecule has 5 aromatic carbocycles. The normalized spacial score (nSPS) is 10.3. The summed E-state index contributed by atoms with van der Waals surface area (Å²) in [4.78, 5) is 151. The zero-order valence-electron chi connectivity index (χ0n) is 44.8. The number of benzene rings is 5. The van der Waals surface area contributed by atoms with E-state index in [-0.39, 0.29) is 23.0 Å². The van der Waals surface area contributed by atoms with Crippen LogP contribution < -0.4 is 71.1 Å². The van der Waals surface area contributed by atoms with Gasteiger partial charge in [-0.25, -0.2) is 0 Å². The lowest BCUT2D eigenvalue weighted by Gasteiger charge is -2.23. The van der Waals surface area contributed by atoms with Gasteiger partial charge in [-0.05, 0) is 0 Å². The molecule has 0 spiro atoms. The first-order chi connectivity index (χ1) is 37.9. The first-order valence-corrected chi connectivity index (χ1v) is 23.1. The second-order valence-electron chi connectivity index (χ2n) is 16.3. The first-order valence-electron chi connectivity index (χ1n) is 23.1. The molecule has 27 nitrogen and oxygen atoms in total. The van der Waals surface area contributed by atoms with Gasteiger partial charge < -0.3 is 71.1 Å². The van der Waals surface area contributed by atoms with E-state index in [9.17, 15) is 57.5 Å². The summed E-state index contributed by atoms with van der Waals surface area (Å²) in [6.45, 7) is 11.8. The molecule has 0 unspecified atom stereocenters. The minimum absolute atomic E-state index is 0.179. The molecule has 0 saturated heterocycles. The van der Waals surface area contributed by atoms with Crippen LogP contribution in [0.5, 0.6) is 103 Å². The summed E-state index contributed by atoms with van der Waals surface area (Å²) in [5, 5.41) is 0. The molecular weight excluding hydrogens is 1080 g/mol. The molecule has 0 saturated carbocycles. The molecule has 0 bridgehead atoms. The van der Waals surface area contributed by atoms with Crippen LogP contribution in [0.3, 0.4) is 0 Å². The minimum Gasteiger partial charge on any atom is -0.449 e. The highest BCUT2D eigenvalue weighted by molar-refractivity contribution is 5.95. The predicted molar refractivity (Wildman–Crippen MR) is 267 cm³/mol. The number of hydrogen-bond donors (Lipinski definition) is 0. The van der Waals surface area contributed by atoms with Gasteiger partial charge in [0.05, 0.1) is 11.1 Å². The molecule has 0 fully saturated rings. The Hall–Kier alpha value is -10.9. The van der Waals surface area contributed by atoms with E-state index in [2.05, 4.69) is 0 Å². The molecule has 0 radical (unpaired) electrons. The van der Waals surface area contributed by atoms with E-state index in [0.29, 0.717) is 0 Å². The van der Waals surface area contributed by atoms with E-state index in [0.717, 1.165) is 126 Å². The van der Waals surface area contributed by atoms with Crippen LogP contribution in [-0.4, -0.2) is 71.6 Å². The van der Waals surface area contributed by atoms with Crippen LogP contribution in [0.15, 0.2) is 60.7 Å². The largest absolute Gasteiger partial charge is 0.449 e. The van der Waals surface area contributed by atoms with Crippen molar-refractivity contribution in [2.45, 2.75) is 83.1 Å². The van der Waals surface area contributed by atoms with Crippen molar-refractivity contribution < 1.29 is 129 Å². The Balaban J connectivity index is 1.86. The third-order valence-electron chi connectivity index (χ3n) is 9.02. The van der Waals surface area contributed by atoms with Crippen LogP contribution in [0.25, 0.3) is 11.1 Å². The van der Waals surface area contributed by atoms with Gasteiger partial charge in [-0.2, -0.15) is 0 Å². The zero-order chi connectivity index (χ0) is 60.2. The van der Waals surface area contributed by atoms with Crippen LogP contribution >= 0.6 is 0 Å². The Morgan fingerprint density at radius 1 is 0.198 bits per heavy atom. The van der Waals surface area contributed by atoms with E-state index < -0.39 is 163 Å². The first kappa shape index (κ1) is 61.0. The smallest absolute Gasteiger partial charge is 0.308 e. The van der Waals surface area contributed by atoms with Crippen molar-refractivity contribution in [3.63, 3.8) is 0 Å². The van der Waals surface area contributed by atoms with Gasteiger partial charge in [0.1, 0.15) is 51.7 Å². The molecule has 0 aliphatic carbocycles. The Morgan fingerprint density at radius 2 is 0.407 bits per heavy atom. The Kier molecular flexibility index (Phi) is 19.9. The molecule has 424 valence electrons. The van der Waals surface area contributed by atoms with Gasteiger partial charge >= 0.3 is 71.6 Å². The quantitative estimate of drug-likeness (QED) is 0.0561. The van der Waals surface area contributed by atoms with Crippen LogP contribution in [0, 0.1) is 0 Å². The molecule has 81 heavy (non-hydrogen) atoms. The second kappa shape index (κ2) is 26.5. The summed E-state index contributed by atoms with van der Waals surface area (Å²) in [6.07, 6.45) is 0. The lowest BCUT2D eigenvalue weighted by molar-refractivity contribution is -0.134. The summed E-state index contributed by atoms with van der Waals surface area (Å²) in [7, 11) is 0. The standard InChI is InChI=1S/C54H46O27/c1-23(55)67-35-13-36(68-24(2)56)15-37(14-35)79-51-44(73-29(7)61)18-39(19-45(51)74-30(8)62)80-52-46(75-31(9)63)20-40(21-47(52)76-32(10)64)81-53-48(77-33(11)65)22-43(72-28(6)60)50(54(53)78-34(12)66)49-41(70-26(4)58)16-38(69-25(3)57)17-42(49)71-27(5)59/h13-22H,1-12H3. The number of carbonyl (C=O) groups is 12. The maximum atomic E-state index is 13.2. The zero-order valence-corrected chi connectivity index (χ0v) is 44.8. The van der Waals surface area contributed by atoms with Crippen molar-refractivity contribution in [3.8, 4) is 115 Å². The molecule has 0 amide bonds. The van der Waals surface area contributed by atoms with Crippen molar-refractivity contribution in [1.82, 2.24) is 0 Å². The third kappa shape index (κ3) is 17.6. The van der Waals surface area contributed by atoms with Crippen LogP contribution in [0.4, 0.5) is 0 Å². The highest BCUT2D eigenvalue weighted by Gasteiger charge is 2.34. The van der Waals surface area contributed by atoms with Crippen molar-refractivity contribution in [1.29, 1.82) is 0 Å². The Labute approximate surface area is 457 Å². The molecule has 0 N–H and O–H groups in total. The van der Waals surface area contributed by atoms with Crippen molar-refractivity contribution >= 4 is 71.6 Å².